The van der Waals surface area contributed by atoms with Crippen molar-refractivity contribution in [3.05, 3.63) is 87.4 Å². The molecule has 0 atom stereocenters. The lowest BCUT2D eigenvalue weighted by Gasteiger charge is -2.11. The monoisotopic (exact) mass is 516 g/mol. The van der Waals surface area contributed by atoms with E-state index in [1.807, 2.05) is 41.0 Å². The summed E-state index contributed by atoms with van der Waals surface area (Å²) in [5.74, 6) is 0.596. The van der Waals surface area contributed by atoms with Crippen molar-refractivity contribution in [1.29, 1.82) is 0 Å². The van der Waals surface area contributed by atoms with Gasteiger partial charge in [0.15, 0.2) is 11.0 Å². The predicted octanol–water partition coefficient (Wildman–Crippen LogP) is 7.19. The number of thioether (sulfide) groups is 1. The molecule has 9 heteroatoms. The van der Waals surface area contributed by atoms with Gasteiger partial charge < -0.3 is 5.32 Å². The van der Waals surface area contributed by atoms with E-state index >= 15 is 0 Å². The average Bonchev–Trinajstić information content (AvgIpc) is 3.21. The van der Waals surface area contributed by atoms with Crippen LogP contribution in [0.25, 0.3) is 17.1 Å². The Labute approximate surface area is 211 Å². The van der Waals surface area contributed by atoms with E-state index in [2.05, 4.69) is 34.6 Å². The summed E-state index contributed by atoms with van der Waals surface area (Å²) in [6.45, 7) is 2.11. The summed E-state index contributed by atoms with van der Waals surface area (Å²) in [5, 5.41) is 13.7. The number of amides is 1. The Kier molecular flexibility index (Phi) is 7.60. The molecule has 4 rings (SSSR count). The lowest BCUT2D eigenvalue weighted by Crippen LogP contribution is -2.14. The number of hydrogen-bond donors (Lipinski definition) is 1. The van der Waals surface area contributed by atoms with Gasteiger partial charge in [0.1, 0.15) is 0 Å². The number of halogens is 3. The third-order valence-corrected chi connectivity index (χ3v) is 6.43. The van der Waals surface area contributed by atoms with Crippen molar-refractivity contribution in [1.82, 2.24) is 14.8 Å². The number of carbonyl (C=O) groups excluding carboxylic acids is 1. The topological polar surface area (TPSA) is 59.8 Å². The molecule has 1 heterocycles. The highest BCUT2D eigenvalue weighted by Gasteiger charge is 2.17. The summed E-state index contributed by atoms with van der Waals surface area (Å²) in [6, 6.07) is 20.5. The summed E-state index contributed by atoms with van der Waals surface area (Å²) in [7, 11) is 0. The first-order valence-corrected chi connectivity index (χ1v) is 12.2. The second kappa shape index (κ2) is 10.6. The lowest BCUT2D eigenvalue weighted by atomic mass is 10.1. The summed E-state index contributed by atoms with van der Waals surface area (Å²) >= 11 is 19.4. The van der Waals surface area contributed by atoms with Crippen LogP contribution in [-0.4, -0.2) is 26.4 Å². The molecule has 4 aromatic rings. The zero-order valence-electron chi connectivity index (χ0n) is 17.6. The fourth-order valence-electron chi connectivity index (χ4n) is 3.22. The summed E-state index contributed by atoms with van der Waals surface area (Å²) in [4.78, 5) is 12.6. The van der Waals surface area contributed by atoms with E-state index in [1.165, 1.54) is 17.3 Å². The second-order valence-corrected chi connectivity index (χ2v) is 9.42. The van der Waals surface area contributed by atoms with Crippen LogP contribution in [0.2, 0.25) is 15.1 Å². The van der Waals surface area contributed by atoms with Gasteiger partial charge in [-0.3, -0.25) is 9.36 Å². The maximum atomic E-state index is 12.6. The van der Waals surface area contributed by atoms with Gasteiger partial charge in [-0.15, -0.1) is 10.2 Å². The van der Waals surface area contributed by atoms with Crippen LogP contribution in [0, 0.1) is 0 Å². The number of benzene rings is 3. The largest absolute Gasteiger partial charge is 0.325 e. The molecular formula is C24H19Cl3N4OS. The Hall–Kier alpha value is -2.51. The van der Waals surface area contributed by atoms with Crippen molar-refractivity contribution in [2.75, 3.05) is 11.1 Å². The Bertz CT molecular complexity index is 1250. The number of aryl methyl sites for hydroxylation is 1. The first kappa shape index (κ1) is 23.6. The van der Waals surface area contributed by atoms with Crippen LogP contribution >= 0.6 is 46.6 Å². The van der Waals surface area contributed by atoms with Crippen molar-refractivity contribution in [2.45, 2.75) is 18.5 Å². The SMILES string of the molecule is CCc1ccc(-n2c(SCC(=O)Nc3cc(Cl)cc(Cl)c3)nnc2-c2ccc(Cl)cc2)cc1. The highest BCUT2D eigenvalue weighted by Crippen LogP contribution is 2.29. The molecule has 3 aromatic carbocycles. The molecule has 0 radical (unpaired) electrons. The van der Waals surface area contributed by atoms with E-state index in [4.69, 9.17) is 34.8 Å². The maximum absolute atomic E-state index is 12.6. The summed E-state index contributed by atoms with van der Waals surface area (Å²) in [6.07, 6.45) is 0.946. The number of nitrogens with zero attached hydrogens (tertiary/aromatic N) is 3. The van der Waals surface area contributed by atoms with Crippen LogP contribution in [0.3, 0.4) is 0 Å². The fraction of sp³-hybridized carbons (Fsp3) is 0.125. The van der Waals surface area contributed by atoms with Crippen LogP contribution in [0.5, 0.6) is 0 Å². The molecule has 1 amide bonds. The molecule has 168 valence electrons. The number of carbonyl (C=O) groups is 1. The van der Waals surface area contributed by atoms with Gasteiger partial charge in [0.05, 0.1) is 5.75 Å². The molecule has 0 aliphatic heterocycles. The Balaban J connectivity index is 1.60. The van der Waals surface area contributed by atoms with Crippen molar-refractivity contribution in [2.24, 2.45) is 0 Å². The number of rotatable bonds is 7. The predicted molar refractivity (Wildman–Crippen MR) is 137 cm³/mol. The molecule has 0 aliphatic rings. The molecule has 0 fully saturated rings. The van der Waals surface area contributed by atoms with E-state index in [9.17, 15) is 4.79 Å². The molecule has 0 spiro atoms. The van der Waals surface area contributed by atoms with Crippen molar-refractivity contribution in [3.8, 4) is 17.1 Å². The Morgan fingerprint density at radius 3 is 2.21 bits per heavy atom. The van der Waals surface area contributed by atoms with Gasteiger partial charge in [-0.2, -0.15) is 0 Å². The number of anilines is 1. The quantitative estimate of drug-likeness (QED) is 0.264. The van der Waals surface area contributed by atoms with Crippen LogP contribution < -0.4 is 5.32 Å². The highest BCUT2D eigenvalue weighted by molar-refractivity contribution is 7.99. The fourth-order valence-corrected chi connectivity index (χ4v) is 4.62. The molecule has 5 nitrogen and oxygen atoms in total. The molecule has 0 saturated heterocycles. The summed E-state index contributed by atoms with van der Waals surface area (Å²) < 4.78 is 1.94. The van der Waals surface area contributed by atoms with Crippen LogP contribution in [0.4, 0.5) is 5.69 Å². The van der Waals surface area contributed by atoms with Crippen LogP contribution in [-0.2, 0) is 11.2 Å². The van der Waals surface area contributed by atoms with Gasteiger partial charge in [-0.05, 0) is 66.6 Å². The third-order valence-electron chi connectivity index (χ3n) is 4.82. The van der Waals surface area contributed by atoms with Gasteiger partial charge in [0.2, 0.25) is 5.91 Å². The molecule has 1 N–H and O–H groups in total. The molecule has 0 unspecified atom stereocenters. The van der Waals surface area contributed by atoms with Crippen molar-refractivity contribution >= 4 is 58.2 Å². The normalized spacial score (nSPS) is 10.9. The third kappa shape index (κ3) is 5.89. The van der Waals surface area contributed by atoms with E-state index in [0.717, 1.165) is 17.7 Å². The maximum Gasteiger partial charge on any atom is 0.234 e. The minimum atomic E-state index is -0.206. The zero-order chi connectivity index (χ0) is 23.4. The Morgan fingerprint density at radius 2 is 1.58 bits per heavy atom. The van der Waals surface area contributed by atoms with Gasteiger partial charge in [0.25, 0.3) is 0 Å². The lowest BCUT2D eigenvalue weighted by molar-refractivity contribution is -0.113. The molecule has 33 heavy (non-hydrogen) atoms. The minimum absolute atomic E-state index is 0.135. The van der Waals surface area contributed by atoms with Crippen LogP contribution in [0.15, 0.2) is 71.9 Å². The highest BCUT2D eigenvalue weighted by atomic mass is 35.5. The average molecular weight is 518 g/mol. The van der Waals surface area contributed by atoms with E-state index in [-0.39, 0.29) is 11.7 Å². The van der Waals surface area contributed by atoms with Gasteiger partial charge in [0, 0.05) is 32.0 Å². The first-order chi connectivity index (χ1) is 15.9. The van der Waals surface area contributed by atoms with Crippen molar-refractivity contribution in [3.63, 3.8) is 0 Å². The number of hydrogen-bond acceptors (Lipinski definition) is 4. The first-order valence-electron chi connectivity index (χ1n) is 10.1. The number of nitrogens with one attached hydrogen (secondary N) is 1. The summed E-state index contributed by atoms with van der Waals surface area (Å²) in [5.41, 5.74) is 3.55. The van der Waals surface area contributed by atoms with Gasteiger partial charge >= 0.3 is 0 Å². The molecule has 0 saturated carbocycles. The standard InChI is InChI=1S/C24H19Cl3N4OS/c1-2-15-3-9-21(10-4-15)31-23(16-5-7-17(25)8-6-16)29-30-24(31)33-14-22(32)28-20-12-18(26)11-19(27)13-20/h3-13H,2,14H2,1H3,(H,28,32). The molecule has 0 aliphatic carbocycles. The van der Waals surface area contributed by atoms with Gasteiger partial charge in [-0.25, -0.2) is 0 Å². The van der Waals surface area contributed by atoms with E-state index < -0.39 is 0 Å². The van der Waals surface area contributed by atoms with Crippen LogP contribution in [0.1, 0.15) is 12.5 Å². The Morgan fingerprint density at radius 1 is 0.909 bits per heavy atom. The van der Waals surface area contributed by atoms with E-state index in [0.29, 0.717) is 31.7 Å². The smallest absolute Gasteiger partial charge is 0.234 e. The second-order valence-electron chi connectivity index (χ2n) is 7.16. The van der Waals surface area contributed by atoms with Crippen molar-refractivity contribution < 1.29 is 4.79 Å². The van der Waals surface area contributed by atoms with Gasteiger partial charge in [-0.1, -0.05) is 65.6 Å². The molecule has 0 bridgehead atoms. The van der Waals surface area contributed by atoms with E-state index in [1.54, 1.807) is 18.2 Å². The molecular weight excluding hydrogens is 499 g/mol. The number of aromatic nitrogens is 3. The molecule has 1 aromatic heterocycles. The minimum Gasteiger partial charge on any atom is -0.325 e. The zero-order valence-corrected chi connectivity index (χ0v) is 20.6.